The van der Waals surface area contributed by atoms with Crippen LogP contribution in [0.15, 0.2) is 18.2 Å². The van der Waals surface area contributed by atoms with Crippen molar-refractivity contribution in [3.63, 3.8) is 0 Å². The van der Waals surface area contributed by atoms with E-state index in [1.807, 2.05) is 6.92 Å². The third kappa shape index (κ3) is 4.63. The largest absolute Gasteiger partial charge is 0.481 e. The van der Waals surface area contributed by atoms with E-state index in [-0.39, 0.29) is 19.5 Å². The lowest BCUT2D eigenvalue weighted by Gasteiger charge is -2.50. The molecule has 1 heterocycles. The fraction of sp³-hybridized carbons (Fsp3) is 0.500. The Morgan fingerprint density at radius 1 is 1.40 bits per heavy atom. The number of nitrogens with zero attached hydrogens (tertiary/aromatic N) is 2. The highest BCUT2D eigenvalue weighted by Crippen LogP contribution is 2.32. The number of likely N-dealkylation sites (tertiary alicyclic amines) is 1. The molecule has 1 aromatic rings. The summed E-state index contributed by atoms with van der Waals surface area (Å²) in [5, 5.41) is 21.5. The van der Waals surface area contributed by atoms with Crippen LogP contribution < -0.4 is 5.32 Å². The number of anilines is 1. The van der Waals surface area contributed by atoms with Crippen LogP contribution in [0.25, 0.3) is 0 Å². The van der Waals surface area contributed by atoms with E-state index >= 15 is 0 Å². The van der Waals surface area contributed by atoms with E-state index in [4.69, 9.17) is 10.00 Å². The molecule has 134 valence electrons. The van der Waals surface area contributed by atoms with Gasteiger partial charge in [-0.05, 0) is 45.4 Å². The third-order valence-electron chi connectivity index (χ3n) is 3.89. The number of aliphatic carboxylic acids is 1. The summed E-state index contributed by atoms with van der Waals surface area (Å²) >= 11 is 0. The molecule has 1 aliphatic heterocycles. The van der Waals surface area contributed by atoms with Crippen molar-refractivity contribution in [3.05, 3.63) is 29.3 Å². The molecule has 0 spiro atoms. The fourth-order valence-corrected chi connectivity index (χ4v) is 2.78. The van der Waals surface area contributed by atoms with Crippen LogP contribution in [-0.4, -0.2) is 46.3 Å². The molecule has 1 aromatic carbocycles. The molecule has 7 nitrogen and oxygen atoms in total. The number of carbonyl (C=O) groups excluding carboxylic acids is 1. The first-order valence-electron chi connectivity index (χ1n) is 8.02. The van der Waals surface area contributed by atoms with Gasteiger partial charge in [-0.1, -0.05) is 6.07 Å². The van der Waals surface area contributed by atoms with E-state index in [0.717, 1.165) is 5.56 Å². The number of amides is 1. The van der Waals surface area contributed by atoms with Gasteiger partial charge >= 0.3 is 12.1 Å². The quantitative estimate of drug-likeness (QED) is 0.870. The minimum absolute atomic E-state index is 0.136. The minimum atomic E-state index is -0.953. The van der Waals surface area contributed by atoms with Gasteiger partial charge in [-0.15, -0.1) is 0 Å². The Balaban J connectivity index is 2.15. The number of nitriles is 1. The van der Waals surface area contributed by atoms with Gasteiger partial charge in [-0.3, -0.25) is 4.79 Å². The Kier molecular flexibility index (Phi) is 4.93. The van der Waals surface area contributed by atoms with Crippen LogP contribution in [0.4, 0.5) is 10.5 Å². The summed E-state index contributed by atoms with van der Waals surface area (Å²) in [5.41, 5.74) is 0.708. The van der Waals surface area contributed by atoms with Crippen LogP contribution in [0.2, 0.25) is 0 Å². The highest BCUT2D eigenvalue weighted by atomic mass is 16.6. The predicted molar refractivity (Wildman–Crippen MR) is 92.3 cm³/mol. The molecule has 0 aromatic heterocycles. The molecule has 1 amide bonds. The molecule has 2 rings (SSSR count). The summed E-state index contributed by atoms with van der Waals surface area (Å²) in [6.45, 7) is 7.68. The maximum Gasteiger partial charge on any atom is 0.410 e. The monoisotopic (exact) mass is 345 g/mol. The number of nitrogens with one attached hydrogen (secondary N) is 1. The first kappa shape index (κ1) is 18.6. The van der Waals surface area contributed by atoms with Crippen LogP contribution in [0.5, 0.6) is 0 Å². The second kappa shape index (κ2) is 6.63. The molecular formula is C18H23N3O4. The van der Waals surface area contributed by atoms with E-state index in [1.165, 1.54) is 4.90 Å². The molecule has 0 radical (unpaired) electrons. The van der Waals surface area contributed by atoms with Crippen LogP contribution in [0.3, 0.4) is 0 Å². The van der Waals surface area contributed by atoms with Crippen LogP contribution in [-0.2, 0) is 9.53 Å². The van der Waals surface area contributed by atoms with Crippen molar-refractivity contribution in [2.75, 3.05) is 18.4 Å². The molecule has 0 saturated carbocycles. The Bertz CT molecular complexity index is 725. The van der Waals surface area contributed by atoms with Gasteiger partial charge in [-0.2, -0.15) is 5.26 Å². The number of hydrogen-bond acceptors (Lipinski definition) is 5. The van der Waals surface area contributed by atoms with Gasteiger partial charge in [0.05, 0.1) is 23.6 Å². The van der Waals surface area contributed by atoms with Crippen molar-refractivity contribution in [1.29, 1.82) is 5.26 Å². The number of benzene rings is 1. The first-order chi connectivity index (χ1) is 11.5. The summed E-state index contributed by atoms with van der Waals surface area (Å²) in [4.78, 5) is 24.9. The van der Waals surface area contributed by atoms with Gasteiger partial charge in [-0.25, -0.2) is 4.79 Å². The summed E-state index contributed by atoms with van der Waals surface area (Å²) in [6, 6.07) is 7.27. The van der Waals surface area contributed by atoms with Gasteiger partial charge in [0.1, 0.15) is 5.60 Å². The van der Waals surface area contributed by atoms with Crippen molar-refractivity contribution in [2.24, 2.45) is 0 Å². The molecule has 0 unspecified atom stereocenters. The zero-order valence-corrected chi connectivity index (χ0v) is 14.9. The summed E-state index contributed by atoms with van der Waals surface area (Å²) in [5.74, 6) is -0.953. The van der Waals surface area contributed by atoms with Gasteiger partial charge in [0.15, 0.2) is 0 Å². The molecule has 7 heteroatoms. The zero-order valence-electron chi connectivity index (χ0n) is 14.9. The van der Waals surface area contributed by atoms with Crippen LogP contribution in [0.1, 0.15) is 38.3 Å². The molecule has 2 N–H and O–H groups in total. The molecule has 1 aliphatic rings. The lowest BCUT2D eigenvalue weighted by molar-refractivity contribution is -0.139. The van der Waals surface area contributed by atoms with E-state index in [9.17, 15) is 14.7 Å². The number of carboxylic acid groups (broad SMARTS) is 1. The average Bonchev–Trinajstić information content (AvgIpc) is 2.43. The Morgan fingerprint density at radius 2 is 2.04 bits per heavy atom. The smallest absolute Gasteiger partial charge is 0.410 e. The summed E-state index contributed by atoms with van der Waals surface area (Å²) < 4.78 is 5.32. The topological polar surface area (TPSA) is 103 Å². The summed E-state index contributed by atoms with van der Waals surface area (Å²) in [6.07, 6.45) is -0.597. The highest BCUT2D eigenvalue weighted by Gasteiger charge is 2.48. The number of aryl methyl sites for hydroxylation is 1. The van der Waals surface area contributed by atoms with Crippen molar-refractivity contribution in [3.8, 4) is 6.07 Å². The molecule has 0 atom stereocenters. The Morgan fingerprint density at radius 3 is 2.56 bits per heavy atom. The van der Waals surface area contributed by atoms with Crippen molar-refractivity contribution < 1.29 is 19.4 Å². The standard InChI is InChI=1S/C18H23N3O4/c1-12-5-6-13(9-19)7-14(12)20-18(8-15(22)23)10-21(11-18)16(24)25-17(2,3)4/h5-7,20H,8,10-11H2,1-4H3,(H,22,23). The molecule has 1 fully saturated rings. The fourth-order valence-electron chi connectivity index (χ4n) is 2.78. The molecule has 25 heavy (non-hydrogen) atoms. The predicted octanol–water partition coefficient (Wildman–Crippen LogP) is 2.74. The van der Waals surface area contributed by atoms with Gasteiger partial charge in [0.2, 0.25) is 0 Å². The number of carboxylic acids is 1. The van der Waals surface area contributed by atoms with Crippen molar-refractivity contribution in [1.82, 2.24) is 4.90 Å². The van der Waals surface area contributed by atoms with Gasteiger partial charge in [0, 0.05) is 18.8 Å². The normalized spacial score (nSPS) is 15.7. The summed E-state index contributed by atoms with van der Waals surface area (Å²) in [7, 11) is 0. The molecule has 0 aliphatic carbocycles. The van der Waals surface area contributed by atoms with E-state index < -0.39 is 23.2 Å². The van der Waals surface area contributed by atoms with E-state index in [2.05, 4.69) is 11.4 Å². The lowest BCUT2D eigenvalue weighted by Crippen LogP contribution is -2.68. The Hall–Kier alpha value is -2.75. The van der Waals surface area contributed by atoms with E-state index in [1.54, 1.807) is 39.0 Å². The molecule has 1 saturated heterocycles. The lowest BCUT2D eigenvalue weighted by atomic mass is 9.85. The zero-order chi connectivity index (χ0) is 18.8. The highest BCUT2D eigenvalue weighted by molar-refractivity contribution is 5.74. The number of carbonyl (C=O) groups is 2. The minimum Gasteiger partial charge on any atom is -0.481 e. The number of ether oxygens (including phenoxy) is 1. The van der Waals surface area contributed by atoms with E-state index in [0.29, 0.717) is 11.3 Å². The van der Waals surface area contributed by atoms with Gasteiger partial charge < -0.3 is 20.1 Å². The Labute approximate surface area is 147 Å². The second-order valence-corrected chi connectivity index (χ2v) is 7.45. The SMILES string of the molecule is Cc1ccc(C#N)cc1NC1(CC(=O)O)CN(C(=O)OC(C)(C)C)C1. The first-order valence-corrected chi connectivity index (χ1v) is 8.02. The number of hydrogen-bond donors (Lipinski definition) is 2. The maximum atomic E-state index is 12.1. The maximum absolute atomic E-state index is 12.1. The van der Waals surface area contributed by atoms with Crippen molar-refractivity contribution in [2.45, 2.75) is 45.3 Å². The molecule has 0 bridgehead atoms. The number of rotatable bonds is 4. The van der Waals surface area contributed by atoms with Crippen LogP contribution in [0, 0.1) is 18.3 Å². The average molecular weight is 345 g/mol. The van der Waals surface area contributed by atoms with Crippen LogP contribution >= 0.6 is 0 Å². The van der Waals surface area contributed by atoms with Crippen molar-refractivity contribution >= 4 is 17.7 Å². The third-order valence-corrected chi connectivity index (χ3v) is 3.89. The second-order valence-electron chi connectivity index (χ2n) is 7.45. The molecular weight excluding hydrogens is 322 g/mol. The van der Waals surface area contributed by atoms with Gasteiger partial charge in [0.25, 0.3) is 0 Å².